The van der Waals surface area contributed by atoms with Crippen LogP contribution in [0.15, 0.2) is 39.8 Å². The molecule has 0 saturated carbocycles. The van der Waals surface area contributed by atoms with E-state index in [4.69, 9.17) is 5.73 Å². The zero-order chi connectivity index (χ0) is 18.1. The molecule has 1 aromatic heterocycles. The second kappa shape index (κ2) is 6.65. The summed E-state index contributed by atoms with van der Waals surface area (Å²) in [4.78, 5) is 23.0. The highest BCUT2D eigenvalue weighted by molar-refractivity contribution is 9.10. The Hall–Kier alpha value is -2.33. The van der Waals surface area contributed by atoms with Crippen LogP contribution in [0.4, 0.5) is 5.69 Å². The Labute approximate surface area is 146 Å². The van der Waals surface area contributed by atoms with Gasteiger partial charge < -0.3 is 15.2 Å². The molecule has 0 amide bonds. The first-order valence-electron chi connectivity index (χ1n) is 6.42. The third kappa shape index (κ3) is 3.15. The molecule has 0 saturated heterocycles. The van der Waals surface area contributed by atoms with Gasteiger partial charge in [-0.3, -0.25) is 0 Å². The summed E-state index contributed by atoms with van der Waals surface area (Å²) in [6, 6.07) is 4.94. The molecule has 0 fully saturated rings. The van der Waals surface area contributed by atoms with Gasteiger partial charge in [0.05, 0.1) is 25.5 Å². The van der Waals surface area contributed by atoms with Gasteiger partial charge in [0.2, 0.25) is 0 Å². The molecule has 128 valence electrons. The molecule has 1 aromatic carbocycles. The number of nitrogens with zero attached hydrogens (tertiary/aromatic N) is 1. The van der Waals surface area contributed by atoms with Crippen LogP contribution in [0, 0.1) is 0 Å². The molecule has 0 aliphatic rings. The lowest BCUT2D eigenvalue weighted by Gasteiger charge is -2.12. The number of ether oxygens (including phenoxy) is 2. The van der Waals surface area contributed by atoms with Gasteiger partial charge in [-0.1, -0.05) is 0 Å². The van der Waals surface area contributed by atoms with Crippen LogP contribution in [0.1, 0.15) is 20.8 Å². The topological polar surface area (TPSA) is 118 Å². The summed E-state index contributed by atoms with van der Waals surface area (Å²) in [5.74, 6) is -1.47. The number of carbonyl (C=O) groups excluding carboxylic acids is 2. The van der Waals surface area contributed by atoms with Gasteiger partial charge in [0.1, 0.15) is 10.6 Å². The van der Waals surface area contributed by atoms with Crippen LogP contribution < -0.4 is 5.73 Å². The number of esters is 2. The third-order valence-corrected chi connectivity index (χ3v) is 5.30. The van der Waals surface area contributed by atoms with Crippen LogP contribution in [-0.2, 0) is 19.5 Å². The van der Waals surface area contributed by atoms with Crippen LogP contribution in [0.3, 0.4) is 0 Å². The summed E-state index contributed by atoms with van der Waals surface area (Å²) in [6.45, 7) is 0. The molecule has 8 nitrogen and oxygen atoms in total. The number of aromatic nitrogens is 1. The average Bonchev–Trinajstić information content (AvgIpc) is 2.95. The molecule has 2 N–H and O–H groups in total. The first-order valence-corrected chi connectivity index (χ1v) is 8.65. The minimum atomic E-state index is -4.18. The van der Waals surface area contributed by atoms with Gasteiger partial charge in [0.15, 0.2) is 0 Å². The van der Waals surface area contributed by atoms with Crippen molar-refractivity contribution in [2.24, 2.45) is 0 Å². The van der Waals surface area contributed by atoms with E-state index in [0.717, 1.165) is 11.1 Å². The summed E-state index contributed by atoms with van der Waals surface area (Å²) >= 11 is 3.12. The van der Waals surface area contributed by atoms with Gasteiger partial charge in [0.25, 0.3) is 10.0 Å². The van der Waals surface area contributed by atoms with Crippen molar-refractivity contribution in [1.29, 1.82) is 0 Å². The maximum atomic E-state index is 12.8. The molecular weight excluding hydrogens is 404 g/mol. The summed E-state index contributed by atoms with van der Waals surface area (Å²) in [7, 11) is -1.84. The largest absolute Gasteiger partial charge is 0.465 e. The van der Waals surface area contributed by atoms with Gasteiger partial charge in [-0.2, -0.15) is 0 Å². The minimum absolute atomic E-state index is 0.107. The Bertz CT molecular complexity index is 919. The zero-order valence-electron chi connectivity index (χ0n) is 12.6. The van der Waals surface area contributed by atoms with Crippen LogP contribution >= 0.6 is 15.9 Å². The standard InChI is InChI=1S/C14H13BrN2O6S/c1-22-13(18)8-3-4-12(10(16)5-8)24(20,21)17-7-9(15)6-11(17)14(19)23-2/h3-7H,16H2,1-2H3. The van der Waals surface area contributed by atoms with Crippen molar-refractivity contribution in [3.8, 4) is 0 Å². The molecule has 0 unspecified atom stereocenters. The van der Waals surface area contributed by atoms with Crippen molar-refractivity contribution in [2.75, 3.05) is 20.0 Å². The number of methoxy groups -OCH3 is 2. The number of carbonyl (C=O) groups is 2. The molecule has 2 aromatic rings. The van der Waals surface area contributed by atoms with E-state index in [1.54, 1.807) is 0 Å². The summed E-state index contributed by atoms with van der Waals surface area (Å²) in [5, 5.41) is 0. The molecule has 2 rings (SSSR count). The molecular formula is C14H13BrN2O6S. The minimum Gasteiger partial charge on any atom is -0.465 e. The van der Waals surface area contributed by atoms with Crippen molar-refractivity contribution >= 4 is 43.6 Å². The van der Waals surface area contributed by atoms with E-state index in [9.17, 15) is 18.0 Å². The van der Waals surface area contributed by atoms with Gasteiger partial charge in [-0.05, 0) is 40.2 Å². The molecule has 0 aliphatic heterocycles. The second-order valence-corrected chi connectivity index (χ2v) is 7.28. The monoisotopic (exact) mass is 416 g/mol. The van der Waals surface area contributed by atoms with E-state index in [0.29, 0.717) is 4.47 Å². The van der Waals surface area contributed by atoms with Gasteiger partial charge >= 0.3 is 11.9 Å². The fourth-order valence-electron chi connectivity index (χ4n) is 2.00. The van der Waals surface area contributed by atoms with Crippen molar-refractivity contribution in [1.82, 2.24) is 3.97 Å². The summed E-state index contributed by atoms with van der Waals surface area (Å²) in [6.07, 6.45) is 1.20. The molecule has 0 atom stereocenters. The molecule has 10 heteroatoms. The highest BCUT2D eigenvalue weighted by Crippen LogP contribution is 2.26. The van der Waals surface area contributed by atoms with E-state index < -0.39 is 22.0 Å². The molecule has 0 radical (unpaired) electrons. The predicted molar refractivity (Wildman–Crippen MR) is 88.2 cm³/mol. The lowest BCUT2D eigenvalue weighted by atomic mass is 10.2. The smallest absolute Gasteiger partial charge is 0.355 e. The van der Waals surface area contributed by atoms with E-state index in [1.165, 1.54) is 37.6 Å². The maximum absolute atomic E-state index is 12.8. The Morgan fingerprint density at radius 1 is 1.12 bits per heavy atom. The molecule has 1 heterocycles. The van der Waals surface area contributed by atoms with Crippen molar-refractivity contribution < 1.29 is 27.5 Å². The number of benzene rings is 1. The molecule has 0 spiro atoms. The van der Waals surface area contributed by atoms with Crippen LogP contribution in [0.2, 0.25) is 0 Å². The molecule has 0 aliphatic carbocycles. The Balaban J connectivity index is 2.60. The molecule has 24 heavy (non-hydrogen) atoms. The van der Waals surface area contributed by atoms with Crippen LogP contribution in [0.5, 0.6) is 0 Å². The van der Waals surface area contributed by atoms with Crippen LogP contribution in [-0.4, -0.2) is 38.5 Å². The van der Waals surface area contributed by atoms with Crippen molar-refractivity contribution in [3.05, 3.63) is 46.2 Å². The number of hydrogen-bond acceptors (Lipinski definition) is 7. The number of nitrogen functional groups attached to an aromatic ring is 1. The Kier molecular flexibility index (Phi) is 4.99. The first-order chi connectivity index (χ1) is 11.2. The lowest BCUT2D eigenvalue weighted by Crippen LogP contribution is -2.20. The SMILES string of the molecule is COC(=O)c1ccc(S(=O)(=O)n2cc(Br)cc2C(=O)OC)c(N)c1. The first kappa shape index (κ1) is 18.0. The normalized spacial score (nSPS) is 11.1. The van der Waals surface area contributed by atoms with Gasteiger partial charge in [-0.25, -0.2) is 22.0 Å². The van der Waals surface area contributed by atoms with Crippen molar-refractivity contribution in [3.63, 3.8) is 0 Å². The fourth-order valence-corrected chi connectivity index (χ4v) is 4.00. The summed E-state index contributed by atoms with van der Waals surface area (Å²) < 4.78 is 35.9. The number of halogens is 1. The Morgan fingerprint density at radius 3 is 2.29 bits per heavy atom. The van der Waals surface area contributed by atoms with Crippen LogP contribution in [0.25, 0.3) is 0 Å². The maximum Gasteiger partial charge on any atom is 0.355 e. The highest BCUT2D eigenvalue weighted by Gasteiger charge is 2.27. The van der Waals surface area contributed by atoms with E-state index in [2.05, 4.69) is 25.4 Å². The second-order valence-electron chi connectivity index (χ2n) is 4.58. The predicted octanol–water partition coefficient (Wildman–Crippen LogP) is 1.64. The van der Waals surface area contributed by atoms with E-state index in [-0.39, 0.29) is 21.8 Å². The third-order valence-electron chi connectivity index (χ3n) is 3.11. The lowest BCUT2D eigenvalue weighted by molar-refractivity contribution is 0.0587. The van der Waals surface area contributed by atoms with E-state index >= 15 is 0 Å². The molecule has 0 bridgehead atoms. The number of hydrogen-bond donors (Lipinski definition) is 1. The zero-order valence-corrected chi connectivity index (χ0v) is 15.0. The number of rotatable bonds is 4. The quantitative estimate of drug-likeness (QED) is 0.594. The highest BCUT2D eigenvalue weighted by atomic mass is 79.9. The van der Waals surface area contributed by atoms with E-state index in [1.807, 2.05) is 0 Å². The Morgan fingerprint density at radius 2 is 1.75 bits per heavy atom. The van der Waals surface area contributed by atoms with Crippen molar-refractivity contribution in [2.45, 2.75) is 4.90 Å². The average molecular weight is 417 g/mol. The number of anilines is 1. The van der Waals surface area contributed by atoms with Gasteiger partial charge in [0, 0.05) is 10.7 Å². The number of nitrogens with two attached hydrogens (primary N) is 1. The fraction of sp³-hybridized carbons (Fsp3) is 0.143. The summed E-state index contributed by atoms with van der Waals surface area (Å²) in [5.41, 5.74) is 5.53. The van der Waals surface area contributed by atoms with Gasteiger partial charge in [-0.15, -0.1) is 0 Å².